The van der Waals surface area contributed by atoms with Crippen molar-refractivity contribution in [3.63, 3.8) is 0 Å². The van der Waals surface area contributed by atoms with Crippen LogP contribution in [0.1, 0.15) is 24.5 Å². The Balaban J connectivity index is 0.00000450. The molecule has 0 unspecified atom stereocenters. The average Bonchev–Trinajstić information content (AvgIpc) is 2.70. The lowest BCUT2D eigenvalue weighted by Crippen LogP contribution is -2.40. The number of hydrogen-bond donors (Lipinski definition) is 2. The highest BCUT2D eigenvalue weighted by atomic mass is 127. The van der Waals surface area contributed by atoms with Gasteiger partial charge in [0.2, 0.25) is 0 Å². The van der Waals surface area contributed by atoms with E-state index in [2.05, 4.69) is 25.3 Å². The monoisotopic (exact) mass is 544 g/mol. The Morgan fingerprint density at radius 3 is 2.43 bits per heavy atom. The smallest absolute Gasteiger partial charge is 0.379 e. The maximum absolute atomic E-state index is 12.1. The molecular formula is C20H32F3IN4O2. The van der Waals surface area contributed by atoms with Crippen LogP contribution >= 0.6 is 24.0 Å². The summed E-state index contributed by atoms with van der Waals surface area (Å²) in [7, 11) is 0. The van der Waals surface area contributed by atoms with Crippen LogP contribution in [-0.4, -0.2) is 69.6 Å². The number of guanidine groups is 1. The molecule has 0 saturated carbocycles. The number of aliphatic imine (C=N–C) groups is 1. The van der Waals surface area contributed by atoms with Crippen LogP contribution in [-0.2, 0) is 22.6 Å². The second-order valence-electron chi connectivity index (χ2n) is 6.85. The summed E-state index contributed by atoms with van der Waals surface area (Å²) < 4.78 is 46.3. The quantitative estimate of drug-likeness (QED) is 0.205. The second-order valence-corrected chi connectivity index (χ2v) is 6.85. The third kappa shape index (κ3) is 11.9. The fraction of sp³-hybridized carbons (Fsp3) is 0.650. The van der Waals surface area contributed by atoms with Crippen LogP contribution in [0.25, 0.3) is 0 Å². The molecule has 30 heavy (non-hydrogen) atoms. The van der Waals surface area contributed by atoms with E-state index in [4.69, 9.17) is 4.74 Å². The molecule has 0 amide bonds. The van der Waals surface area contributed by atoms with E-state index in [0.717, 1.165) is 63.9 Å². The molecule has 1 saturated heterocycles. The first-order valence-corrected chi connectivity index (χ1v) is 10.0. The molecule has 0 bridgehead atoms. The van der Waals surface area contributed by atoms with Gasteiger partial charge in [0.05, 0.1) is 26.4 Å². The normalized spacial score (nSPS) is 15.5. The van der Waals surface area contributed by atoms with Gasteiger partial charge in [-0.3, -0.25) is 4.90 Å². The van der Waals surface area contributed by atoms with Gasteiger partial charge in [0.1, 0.15) is 6.61 Å². The molecule has 1 aromatic rings. The number of nitrogens with one attached hydrogen (secondary N) is 2. The van der Waals surface area contributed by atoms with Crippen LogP contribution < -0.4 is 10.6 Å². The van der Waals surface area contributed by atoms with Gasteiger partial charge >= 0.3 is 6.18 Å². The van der Waals surface area contributed by atoms with Crippen molar-refractivity contribution in [2.24, 2.45) is 4.99 Å². The van der Waals surface area contributed by atoms with Gasteiger partial charge in [-0.1, -0.05) is 24.3 Å². The fourth-order valence-corrected chi connectivity index (χ4v) is 2.87. The molecule has 6 nitrogen and oxygen atoms in total. The fourth-order valence-electron chi connectivity index (χ4n) is 2.87. The maximum Gasteiger partial charge on any atom is 0.411 e. The predicted octanol–water partition coefficient (Wildman–Crippen LogP) is 3.16. The van der Waals surface area contributed by atoms with Crippen LogP contribution in [0.5, 0.6) is 0 Å². The van der Waals surface area contributed by atoms with Crippen molar-refractivity contribution in [1.82, 2.24) is 15.5 Å². The van der Waals surface area contributed by atoms with Crippen LogP contribution in [0.4, 0.5) is 13.2 Å². The van der Waals surface area contributed by atoms with Crippen molar-refractivity contribution in [3.8, 4) is 0 Å². The highest BCUT2D eigenvalue weighted by Crippen LogP contribution is 2.16. The Hall–Kier alpha value is -1.11. The molecule has 0 spiro atoms. The lowest BCUT2D eigenvalue weighted by atomic mass is 10.1. The van der Waals surface area contributed by atoms with Gasteiger partial charge in [0.15, 0.2) is 5.96 Å². The first-order valence-electron chi connectivity index (χ1n) is 10.0. The molecule has 2 N–H and O–H groups in total. The van der Waals surface area contributed by atoms with Crippen molar-refractivity contribution in [1.29, 1.82) is 0 Å². The summed E-state index contributed by atoms with van der Waals surface area (Å²) in [6, 6.07) is 7.25. The molecule has 1 heterocycles. The zero-order chi connectivity index (χ0) is 21.0. The van der Waals surface area contributed by atoms with Gasteiger partial charge in [-0.05, 0) is 31.0 Å². The SMILES string of the molecule is CCNC(=NCc1ccc(COCC(F)(F)F)cc1)NCCCN1CCOCC1.I. The minimum Gasteiger partial charge on any atom is -0.379 e. The Labute approximate surface area is 193 Å². The number of hydrogen-bond acceptors (Lipinski definition) is 4. The average molecular weight is 544 g/mol. The van der Waals surface area contributed by atoms with Crippen molar-refractivity contribution < 1.29 is 22.6 Å². The minimum atomic E-state index is -4.30. The Bertz CT molecular complexity index is 609. The Morgan fingerprint density at radius 2 is 1.80 bits per heavy atom. The summed E-state index contributed by atoms with van der Waals surface area (Å²) >= 11 is 0. The van der Waals surface area contributed by atoms with Crippen LogP contribution in [0.3, 0.4) is 0 Å². The third-order valence-electron chi connectivity index (χ3n) is 4.37. The zero-order valence-electron chi connectivity index (χ0n) is 17.3. The molecule has 172 valence electrons. The largest absolute Gasteiger partial charge is 0.411 e. The van der Waals surface area contributed by atoms with E-state index >= 15 is 0 Å². The van der Waals surface area contributed by atoms with Crippen molar-refractivity contribution in [3.05, 3.63) is 35.4 Å². The van der Waals surface area contributed by atoms with E-state index in [9.17, 15) is 13.2 Å². The topological polar surface area (TPSA) is 58.1 Å². The molecule has 0 aromatic heterocycles. The van der Waals surface area contributed by atoms with Crippen LogP contribution in [0, 0.1) is 0 Å². The molecule has 0 radical (unpaired) electrons. The van der Waals surface area contributed by atoms with Gasteiger partial charge in [-0.15, -0.1) is 24.0 Å². The van der Waals surface area contributed by atoms with E-state index in [1.54, 1.807) is 12.1 Å². The summed E-state index contributed by atoms with van der Waals surface area (Å²) in [5.74, 6) is 0.757. The highest BCUT2D eigenvalue weighted by molar-refractivity contribution is 14.0. The molecule has 1 fully saturated rings. The molecule has 1 aliphatic rings. The third-order valence-corrected chi connectivity index (χ3v) is 4.37. The molecule has 10 heteroatoms. The molecule has 1 aliphatic heterocycles. The molecule has 2 rings (SSSR count). The Kier molecular flexibility index (Phi) is 13.3. The molecule has 1 aromatic carbocycles. The molecule has 0 atom stereocenters. The van der Waals surface area contributed by atoms with Crippen LogP contribution in [0.2, 0.25) is 0 Å². The van der Waals surface area contributed by atoms with Crippen LogP contribution in [0.15, 0.2) is 29.3 Å². The number of alkyl halides is 3. The number of benzene rings is 1. The number of rotatable bonds is 10. The number of halogens is 4. The first kappa shape index (κ1) is 26.9. The summed E-state index contributed by atoms with van der Waals surface area (Å²) in [6.45, 7) is 7.45. The number of ether oxygens (including phenoxy) is 2. The van der Waals surface area contributed by atoms with Gasteiger partial charge in [-0.25, -0.2) is 4.99 Å². The van der Waals surface area contributed by atoms with Crippen molar-refractivity contribution in [2.45, 2.75) is 32.7 Å². The van der Waals surface area contributed by atoms with E-state index in [1.165, 1.54) is 0 Å². The summed E-state index contributed by atoms with van der Waals surface area (Å²) in [5, 5.41) is 6.56. The van der Waals surface area contributed by atoms with Crippen molar-refractivity contribution >= 4 is 29.9 Å². The van der Waals surface area contributed by atoms with E-state index in [-0.39, 0.29) is 30.6 Å². The van der Waals surface area contributed by atoms with E-state index < -0.39 is 12.8 Å². The summed E-state index contributed by atoms with van der Waals surface area (Å²) in [6.07, 6.45) is -3.27. The zero-order valence-corrected chi connectivity index (χ0v) is 19.7. The summed E-state index contributed by atoms with van der Waals surface area (Å²) in [4.78, 5) is 6.97. The minimum absolute atomic E-state index is 0. The van der Waals surface area contributed by atoms with Gasteiger partial charge < -0.3 is 20.1 Å². The second kappa shape index (κ2) is 14.8. The predicted molar refractivity (Wildman–Crippen MR) is 122 cm³/mol. The first-order chi connectivity index (χ1) is 14.0. The van der Waals surface area contributed by atoms with Crippen molar-refractivity contribution in [2.75, 3.05) is 52.5 Å². The standard InChI is InChI=1S/C20H31F3N4O2.HI/c1-2-24-19(25-8-3-9-27-10-12-28-13-11-27)26-14-17-4-6-18(7-5-17)15-29-16-20(21,22)23;/h4-7H,2-3,8-16H2,1H3,(H2,24,25,26);1H. The van der Waals surface area contributed by atoms with E-state index in [1.807, 2.05) is 19.1 Å². The van der Waals surface area contributed by atoms with Gasteiger partial charge in [0.25, 0.3) is 0 Å². The lowest BCUT2D eigenvalue weighted by Gasteiger charge is -2.26. The number of nitrogens with zero attached hydrogens (tertiary/aromatic N) is 2. The number of morpholine rings is 1. The molecular weight excluding hydrogens is 512 g/mol. The van der Waals surface area contributed by atoms with Gasteiger partial charge in [0, 0.05) is 26.2 Å². The maximum atomic E-state index is 12.1. The van der Waals surface area contributed by atoms with E-state index in [0.29, 0.717) is 12.1 Å². The highest BCUT2D eigenvalue weighted by Gasteiger charge is 2.27. The van der Waals surface area contributed by atoms with Gasteiger partial charge in [-0.2, -0.15) is 13.2 Å². The molecule has 0 aliphatic carbocycles. The summed E-state index contributed by atoms with van der Waals surface area (Å²) in [5.41, 5.74) is 1.69. The Morgan fingerprint density at radius 1 is 1.13 bits per heavy atom. The lowest BCUT2D eigenvalue weighted by molar-refractivity contribution is -0.176.